The first-order valence-corrected chi connectivity index (χ1v) is 10.3. The van der Waals surface area contributed by atoms with Crippen LogP contribution in [0.4, 0.5) is 5.69 Å². The minimum absolute atomic E-state index is 0.0237. The minimum atomic E-state index is -0.188. The molecule has 148 valence electrons. The van der Waals surface area contributed by atoms with Crippen molar-refractivity contribution in [2.75, 3.05) is 11.9 Å². The van der Waals surface area contributed by atoms with Gasteiger partial charge in [0, 0.05) is 28.1 Å². The second kappa shape index (κ2) is 7.76. The van der Waals surface area contributed by atoms with Crippen molar-refractivity contribution < 1.29 is 14.6 Å². The lowest BCUT2D eigenvalue weighted by atomic mass is 9.64. The fourth-order valence-electron chi connectivity index (χ4n) is 4.84. The molecule has 2 aromatic rings. The number of hydrogen-bond donors (Lipinski definition) is 2. The van der Waals surface area contributed by atoms with Gasteiger partial charge in [-0.05, 0) is 68.4 Å². The van der Waals surface area contributed by atoms with Gasteiger partial charge in [-0.2, -0.15) is 0 Å². The molecule has 0 bridgehead atoms. The van der Waals surface area contributed by atoms with E-state index in [1.807, 2.05) is 12.1 Å². The molecule has 1 fully saturated rings. The summed E-state index contributed by atoms with van der Waals surface area (Å²) in [6.45, 7) is 2.08. The maximum absolute atomic E-state index is 12.4. The molecular weight excluding hydrogens is 374 g/mol. The fraction of sp³-hybridized carbons (Fsp3) is 0.435. The van der Waals surface area contributed by atoms with E-state index in [0.29, 0.717) is 17.4 Å². The molecule has 2 N–H and O–H groups in total. The number of carbonyl (C=O) groups is 1. The molecule has 1 aliphatic carbocycles. The molecule has 4 rings (SSSR count). The van der Waals surface area contributed by atoms with Gasteiger partial charge in [0.1, 0.15) is 11.9 Å². The molecule has 1 atom stereocenters. The Bertz CT molecular complexity index is 857. The summed E-state index contributed by atoms with van der Waals surface area (Å²) >= 11 is 5.89. The second-order valence-electron chi connectivity index (χ2n) is 8.10. The van der Waals surface area contributed by atoms with Crippen LogP contribution in [-0.4, -0.2) is 23.7 Å². The van der Waals surface area contributed by atoms with Crippen LogP contribution in [0.3, 0.4) is 0 Å². The first-order chi connectivity index (χ1) is 13.5. The molecule has 1 aliphatic heterocycles. The number of amides is 1. The summed E-state index contributed by atoms with van der Waals surface area (Å²) < 4.78 is 6.15. The van der Waals surface area contributed by atoms with E-state index in [2.05, 4.69) is 30.4 Å². The van der Waals surface area contributed by atoms with Crippen LogP contribution in [0.15, 0.2) is 42.5 Å². The largest absolute Gasteiger partial charge is 0.487 e. The predicted molar refractivity (Wildman–Crippen MR) is 111 cm³/mol. The van der Waals surface area contributed by atoms with Crippen molar-refractivity contribution in [3.63, 3.8) is 0 Å². The number of benzene rings is 2. The second-order valence-corrected chi connectivity index (χ2v) is 8.54. The molecule has 0 radical (unpaired) electrons. The summed E-state index contributed by atoms with van der Waals surface area (Å²) in [5.74, 6) is 1.34. The summed E-state index contributed by atoms with van der Waals surface area (Å²) in [5.41, 5.74) is 3.00. The zero-order valence-electron chi connectivity index (χ0n) is 16.1. The third-order valence-electron chi connectivity index (χ3n) is 6.39. The highest BCUT2D eigenvalue weighted by molar-refractivity contribution is 6.30. The number of hydrogen-bond acceptors (Lipinski definition) is 3. The molecule has 1 saturated carbocycles. The number of aliphatic hydroxyl groups is 1. The number of fused-ring (bicyclic) bond motifs is 2. The Morgan fingerprint density at radius 1 is 1.21 bits per heavy atom. The number of rotatable bonds is 4. The van der Waals surface area contributed by atoms with E-state index in [9.17, 15) is 9.90 Å². The van der Waals surface area contributed by atoms with Crippen molar-refractivity contribution in [1.82, 2.24) is 0 Å². The first kappa shape index (κ1) is 19.3. The van der Waals surface area contributed by atoms with E-state index in [1.54, 1.807) is 12.1 Å². The van der Waals surface area contributed by atoms with Crippen molar-refractivity contribution in [2.24, 2.45) is 5.92 Å². The van der Waals surface area contributed by atoms with Gasteiger partial charge < -0.3 is 15.2 Å². The Kier molecular flexibility index (Phi) is 5.35. The fourth-order valence-corrected chi connectivity index (χ4v) is 4.96. The first-order valence-electron chi connectivity index (χ1n) is 9.95. The van der Waals surface area contributed by atoms with Crippen LogP contribution < -0.4 is 10.1 Å². The summed E-state index contributed by atoms with van der Waals surface area (Å²) in [5, 5.41) is 13.6. The van der Waals surface area contributed by atoms with E-state index < -0.39 is 0 Å². The Hall–Kier alpha value is -2.04. The van der Waals surface area contributed by atoms with E-state index in [-0.39, 0.29) is 24.0 Å². The zero-order chi connectivity index (χ0) is 19.7. The van der Waals surface area contributed by atoms with Gasteiger partial charge in [-0.1, -0.05) is 29.8 Å². The standard InChI is InChI=1S/C23H26ClNO3/c1-15-3-2-4-19-22(15)28-20(14-26)23(19)11-9-16(10-12-23)13-21(27)25-18-7-5-17(24)6-8-18/h2-8,16,20,26H,9-14H2,1H3,(H,25,27)/t16-,20?,23+. The summed E-state index contributed by atoms with van der Waals surface area (Å²) in [7, 11) is 0. The van der Waals surface area contributed by atoms with Crippen molar-refractivity contribution >= 4 is 23.2 Å². The maximum Gasteiger partial charge on any atom is 0.224 e. The quantitative estimate of drug-likeness (QED) is 0.771. The van der Waals surface area contributed by atoms with Gasteiger partial charge in [0.25, 0.3) is 0 Å². The Morgan fingerprint density at radius 2 is 1.93 bits per heavy atom. The lowest BCUT2D eigenvalue weighted by Gasteiger charge is -2.40. The van der Waals surface area contributed by atoms with Crippen LogP contribution in [0.1, 0.15) is 43.2 Å². The molecule has 1 amide bonds. The number of aliphatic hydroxyl groups excluding tert-OH is 1. The average molecular weight is 400 g/mol. The number of anilines is 1. The van der Waals surface area contributed by atoms with Crippen LogP contribution in [-0.2, 0) is 10.2 Å². The van der Waals surface area contributed by atoms with Crippen molar-refractivity contribution in [3.05, 3.63) is 58.6 Å². The molecule has 28 heavy (non-hydrogen) atoms. The van der Waals surface area contributed by atoms with E-state index >= 15 is 0 Å². The Morgan fingerprint density at radius 3 is 2.61 bits per heavy atom. The normalized spacial score (nSPS) is 26.0. The zero-order valence-corrected chi connectivity index (χ0v) is 16.8. The summed E-state index contributed by atoms with van der Waals surface area (Å²) in [4.78, 5) is 12.4. The van der Waals surface area contributed by atoms with Crippen LogP contribution in [0.2, 0.25) is 5.02 Å². The summed E-state index contributed by atoms with van der Waals surface area (Å²) in [6, 6.07) is 13.5. The highest BCUT2D eigenvalue weighted by Crippen LogP contribution is 2.53. The number of carbonyl (C=O) groups excluding carboxylic acids is 1. The van der Waals surface area contributed by atoms with Crippen LogP contribution in [0, 0.1) is 12.8 Å². The topological polar surface area (TPSA) is 58.6 Å². The molecule has 1 spiro atoms. The molecule has 5 heteroatoms. The van der Waals surface area contributed by atoms with Gasteiger partial charge in [-0.15, -0.1) is 0 Å². The number of aryl methyl sites for hydroxylation is 1. The molecule has 4 nitrogen and oxygen atoms in total. The van der Waals surface area contributed by atoms with Crippen LogP contribution >= 0.6 is 11.6 Å². The average Bonchev–Trinajstić information content (AvgIpc) is 3.00. The Balaban J connectivity index is 1.41. The third kappa shape index (κ3) is 3.51. The SMILES string of the molecule is Cc1cccc2c1OC(CO)[C@]21CC[C@@H](CC(=O)Nc2ccc(Cl)cc2)CC1. The predicted octanol–water partition coefficient (Wildman–Crippen LogP) is 4.86. The number of ether oxygens (including phenoxy) is 1. The van der Waals surface area contributed by atoms with E-state index in [4.69, 9.17) is 16.3 Å². The van der Waals surface area contributed by atoms with E-state index in [0.717, 1.165) is 42.7 Å². The molecule has 0 aromatic heterocycles. The number of para-hydroxylation sites is 1. The third-order valence-corrected chi connectivity index (χ3v) is 6.64. The monoisotopic (exact) mass is 399 g/mol. The number of halogens is 1. The van der Waals surface area contributed by atoms with Gasteiger partial charge in [-0.25, -0.2) is 0 Å². The lowest BCUT2D eigenvalue weighted by molar-refractivity contribution is -0.117. The van der Waals surface area contributed by atoms with Crippen molar-refractivity contribution in [2.45, 2.75) is 50.5 Å². The van der Waals surface area contributed by atoms with Crippen molar-refractivity contribution in [3.8, 4) is 5.75 Å². The lowest BCUT2D eigenvalue weighted by Crippen LogP contribution is -2.43. The maximum atomic E-state index is 12.4. The molecule has 2 aliphatic rings. The van der Waals surface area contributed by atoms with Gasteiger partial charge in [0.2, 0.25) is 5.91 Å². The van der Waals surface area contributed by atoms with Gasteiger partial charge >= 0.3 is 0 Å². The van der Waals surface area contributed by atoms with Gasteiger partial charge in [0.15, 0.2) is 0 Å². The molecule has 1 heterocycles. The molecular formula is C23H26ClNO3. The molecule has 0 saturated heterocycles. The highest BCUT2D eigenvalue weighted by Gasteiger charge is 2.50. The highest BCUT2D eigenvalue weighted by atomic mass is 35.5. The number of nitrogens with one attached hydrogen (secondary N) is 1. The molecule has 1 unspecified atom stereocenters. The minimum Gasteiger partial charge on any atom is -0.487 e. The van der Waals surface area contributed by atoms with E-state index in [1.165, 1.54) is 5.56 Å². The van der Waals surface area contributed by atoms with Gasteiger partial charge in [-0.3, -0.25) is 4.79 Å². The van der Waals surface area contributed by atoms with Gasteiger partial charge in [0.05, 0.1) is 6.61 Å². The molecule has 2 aromatic carbocycles. The Labute approximate surface area is 170 Å². The summed E-state index contributed by atoms with van der Waals surface area (Å²) in [6.07, 6.45) is 4.13. The van der Waals surface area contributed by atoms with Crippen molar-refractivity contribution in [1.29, 1.82) is 0 Å². The smallest absolute Gasteiger partial charge is 0.224 e. The van der Waals surface area contributed by atoms with Crippen LogP contribution in [0.25, 0.3) is 0 Å². The van der Waals surface area contributed by atoms with Crippen LogP contribution in [0.5, 0.6) is 5.75 Å².